The summed E-state index contributed by atoms with van der Waals surface area (Å²) in [5.74, 6) is -0.474. The van der Waals surface area contributed by atoms with E-state index in [-0.39, 0.29) is 22.7 Å². The number of pyridine rings is 1. The van der Waals surface area contributed by atoms with Crippen molar-refractivity contribution in [2.75, 3.05) is 13.7 Å². The molecule has 1 N–H and O–H groups in total. The lowest BCUT2D eigenvalue weighted by Crippen LogP contribution is -2.30. The van der Waals surface area contributed by atoms with Crippen molar-refractivity contribution in [1.29, 1.82) is 0 Å². The second kappa shape index (κ2) is 10.0. The van der Waals surface area contributed by atoms with Gasteiger partial charge in [0, 0.05) is 24.4 Å². The number of aryl methyl sites for hydroxylation is 1. The number of nitrogens with one attached hydrogen (secondary N) is 1. The average molecular weight is 402 g/mol. The molecule has 1 amide bonds. The molecule has 0 bridgehead atoms. The Morgan fingerprint density at radius 1 is 1.38 bits per heavy atom. The van der Waals surface area contributed by atoms with Crippen LogP contribution in [0.5, 0.6) is 11.5 Å². The van der Waals surface area contributed by atoms with E-state index in [0.29, 0.717) is 25.1 Å². The number of hydrogen-bond donors (Lipinski definition) is 1. The van der Waals surface area contributed by atoms with E-state index in [1.165, 1.54) is 36.1 Å². The SMILES string of the molecule is CCCOc1c(OC)cc(/C=N\NC(=O)c2cccn(CC)c2=O)cc1[N+](=O)[O-]. The van der Waals surface area contributed by atoms with Gasteiger partial charge >= 0.3 is 5.69 Å². The van der Waals surface area contributed by atoms with E-state index in [4.69, 9.17) is 9.47 Å². The Morgan fingerprint density at radius 2 is 2.14 bits per heavy atom. The number of methoxy groups -OCH3 is 1. The van der Waals surface area contributed by atoms with Crippen LogP contribution in [0.4, 0.5) is 5.69 Å². The summed E-state index contributed by atoms with van der Waals surface area (Å²) in [6, 6.07) is 5.75. The van der Waals surface area contributed by atoms with Crippen molar-refractivity contribution in [1.82, 2.24) is 9.99 Å². The first kappa shape index (κ1) is 21.6. The van der Waals surface area contributed by atoms with Crippen molar-refractivity contribution in [3.8, 4) is 11.5 Å². The predicted octanol–water partition coefficient (Wildman–Crippen LogP) is 2.34. The van der Waals surface area contributed by atoms with E-state index >= 15 is 0 Å². The molecule has 2 rings (SSSR count). The molecule has 0 radical (unpaired) electrons. The minimum atomic E-state index is -0.682. The molecule has 10 nitrogen and oxygen atoms in total. The summed E-state index contributed by atoms with van der Waals surface area (Å²) in [6.07, 6.45) is 3.48. The molecule has 0 saturated heterocycles. The van der Waals surface area contributed by atoms with Crippen molar-refractivity contribution in [2.45, 2.75) is 26.8 Å². The number of rotatable bonds is 9. The Bertz CT molecular complexity index is 983. The maximum absolute atomic E-state index is 12.2. The molecule has 0 spiro atoms. The van der Waals surface area contributed by atoms with E-state index in [0.717, 1.165) is 0 Å². The van der Waals surface area contributed by atoms with Crippen molar-refractivity contribution < 1.29 is 19.2 Å². The minimum Gasteiger partial charge on any atom is -0.493 e. The fraction of sp³-hybridized carbons (Fsp3) is 0.316. The molecule has 0 fully saturated rings. The van der Waals surface area contributed by atoms with Crippen LogP contribution in [0.15, 0.2) is 40.4 Å². The Hall–Kier alpha value is -3.69. The summed E-state index contributed by atoms with van der Waals surface area (Å²) >= 11 is 0. The minimum absolute atomic E-state index is 0.0323. The predicted molar refractivity (Wildman–Crippen MR) is 107 cm³/mol. The third kappa shape index (κ3) is 5.18. The maximum atomic E-state index is 12.2. The van der Waals surface area contributed by atoms with Crippen LogP contribution in [0.1, 0.15) is 36.2 Å². The molecule has 0 unspecified atom stereocenters. The van der Waals surface area contributed by atoms with Crippen molar-refractivity contribution >= 4 is 17.8 Å². The van der Waals surface area contributed by atoms with Crippen LogP contribution < -0.4 is 20.5 Å². The van der Waals surface area contributed by atoms with Gasteiger partial charge in [-0.3, -0.25) is 19.7 Å². The van der Waals surface area contributed by atoms with Crippen LogP contribution in [-0.4, -0.2) is 35.3 Å². The summed E-state index contributed by atoms with van der Waals surface area (Å²) in [4.78, 5) is 35.2. The van der Waals surface area contributed by atoms with Gasteiger partial charge < -0.3 is 14.0 Å². The first-order chi connectivity index (χ1) is 13.9. The zero-order valence-electron chi connectivity index (χ0n) is 16.4. The number of hydrogen-bond acceptors (Lipinski definition) is 7. The quantitative estimate of drug-likeness (QED) is 0.390. The van der Waals surface area contributed by atoms with Gasteiger partial charge in [0.05, 0.1) is 24.9 Å². The number of carbonyl (C=O) groups is 1. The van der Waals surface area contributed by atoms with Crippen LogP contribution in [0, 0.1) is 10.1 Å². The van der Waals surface area contributed by atoms with Crippen LogP contribution >= 0.6 is 0 Å². The Balaban J connectivity index is 2.26. The van der Waals surface area contributed by atoms with Gasteiger partial charge in [0.15, 0.2) is 5.75 Å². The highest BCUT2D eigenvalue weighted by Crippen LogP contribution is 2.38. The fourth-order valence-corrected chi connectivity index (χ4v) is 2.50. The van der Waals surface area contributed by atoms with Crippen LogP contribution in [0.3, 0.4) is 0 Å². The molecule has 29 heavy (non-hydrogen) atoms. The molecule has 0 aliphatic rings. The van der Waals surface area contributed by atoms with Crippen LogP contribution in [0.2, 0.25) is 0 Å². The van der Waals surface area contributed by atoms with Gasteiger partial charge in [-0.2, -0.15) is 5.10 Å². The fourth-order valence-electron chi connectivity index (χ4n) is 2.50. The third-order valence-corrected chi connectivity index (χ3v) is 3.91. The van der Waals surface area contributed by atoms with Gasteiger partial charge in [-0.1, -0.05) is 6.92 Å². The highest BCUT2D eigenvalue weighted by Gasteiger charge is 2.22. The number of carbonyl (C=O) groups excluding carboxylic acids is 1. The number of nitro benzene ring substituents is 1. The number of ether oxygens (including phenoxy) is 2. The van der Waals surface area contributed by atoms with Gasteiger partial charge in [-0.05, 0) is 31.5 Å². The normalized spacial score (nSPS) is 10.7. The zero-order chi connectivity index (χ0) is 21.4. The molecular weight excluding hydrogens is 380 g/mol. The summed E-state index contributed by atoms with van der Waals surface area (Å²) in [7, 11) is 1.37. The van der Waals surface area contributed by atoms with Gasteiger partial charge in [0.1, 0.15) is 5.56 Å². The standard InChI is InChI=1S/C19H22N4O6/c1-4-9-29-17-15(23(26)27)10-13(11-16(17)28-3)12-20-21-18(24)14-7-6-8-22(5-2)19(14)25/h6-8,10-12H,4-5,9H2,1-3H3,(H,21,24)/b20-12-. The summed E-state index contributed by atoms with van der Waals surface area (Å²) in [5.41, 5.74) is 1.80. The van der Waals surface area contributed by atoms with Crippen molar-refractivity contribution in [3.05, 3.63) is 62.1 Å². The van der Waals surface area contributed by atoms with E-state index in [1.54, 1.807) is 19.2 Å². The largest absolute Gasteiger partial charge is 0.493 e. The van der Waals surface area contributed by atoms with Crippen LogP contribution in [-0.2, 0) is 6.54 Å². The number of benzene rings is 1. The lowest BCUT2D eigenvalue weighted by Gasteiger charge is -2.11. The molecule has 10 heteroatoms. The summed E-state index contributed by atoms with van der Waals surface area (Å²) in [6.45, 7) is 4.39. The highest BCUT2D eigenvalue weighted by molar-refractivity contribution is 5.94. The Labute approximate surface area is 166 Å². The third-order valence-electron chi connectivity index (χ3n) is 3.91. The molecule has 2 aromatic rings. The lowest BCUT2D eigenvalue weighted by molar-refractivity contribution is -0.386. The number of amides is 1. The van der Waals surface area contributed by atoms with Crippen molar-refractivity contribution in [3.63, 3.8) is 0 Å². The van der Waals surface area contributed by atoms with Crippen molar-refractivity contribution in [2.24, 2.45) is 5.10 Å². The molecule has 0 atom stereocenters. The van der Waals surface area contributed by atoms with E-state index in [9.17, 15) is 19.7 Å². The topological polar surface area (TPSA) is 125 Å². The first-order valence-electron chi connectivity index (χ1n) is 8.94. The zero-order valence-corrected chi connectivity index (χ0v) is 16.4. The molecule has 0 aliphatic heterocycles. The second-order valence-electron chi connectivity index (χ2n) is 5.89. The molecule has 1 aromatic heterocycles. The van der Waals surface area contributed by atoms with E-state index < -0.39 is 16.4 Å². The van der Waals surface area contributed by atoms with Crippen LogP contribution in [0.25, 0.3) is 0 Å². The monoisotopic (exact) mass is 402 g/mol. The molecule has 0 aliphatic carbocycles. The summed E-state index contributed by atoms with van der Waals surface area (Å²) < 4.78 is 12.0. The first-order valence-corrected chi connectivity index (χ1v) is 8.94. The lowest BCUT2D eigenvalue weighted by atomic mass is 10.2. The molecule has 0 saturated carbocycles. The van der Waals surface area contributed by atoms with E-state index in [2.05, 4.69) is 10.5 Å². The van der Waals surface area contributed by atoms with Gasteiger partial charge in [0.25, 0.3) is 11.5 Å². The molecule has 154 valence electrons. The van der Waals surface area contributed by atoms with Gasteiger partial charge in [0.2, 0.25) is 5.75 Å². The number of aromatic nitrogens is 1. The molecular formula is C19H22N4O6. The molecule has 1 aromatic carbocycles. The highest BCUT2D eigenvalue weighted by atomic mass is 16.6. The number of nitro groups is 1. The second-order valence-corrected chi connectivity index (χ2v) is 5.89. The van der Waals surface area contributed by atoms with Gasteiger partial charge in [-0.15, -0.1) is 0 Å². The smallest absolute Gasteiger partial charge is 0.315 e. The Morgan fingerprint density at radius 3 is 2.76 bits per heavy atom. The van der Waals surface area contributed by atoms with E-state index in [1.807, 2.05) is 6.92 Å². The maximum Gasteiger partial charge on any atom is 0.315 e. The Kier molecular flexibility index (Phi) is 7.47. The number of nitrogens with zero attached hydrogens (tertiary/aromatic N) is 3. The average Bonchev–Trinajstić information content (AvgIpc) is 2.71. The molecule has 1 heterocycles. The number of hydrazone groups is 1. The van der Waals surface area contributed by atoms with Gasteiger partial charge in [-0.25, -0.2) is 5.43 Å². The summed E-state index contributed by atoms with van der Waals surface area (Å²) in [5, 5.41) is 15.2.